The van der Waals surface area contributed by atoms with E-state index in [-0.39, 0.29) is 30.9 Å². The van der Waals surface area contributed by atoms with Crippen LogP contribution in [0.1, 0.15) is 62.2 Å². The number of epoxide rings is 3. The predicted molar refractivity (Wildman–Crippen MR) is 107 cm³/mol. The molecule has 3 aliphatic rings. The first-order valence-corrected chi connectivity index (χ1v) is 10.3. The van der Waals surface area contributed by atoms with E-state index in [1.165, 1.54) is 0 Å². The maximum atomic E-state index is 12.8. The minimum absolute atomic E-state index is 0.0810. The summed E-state index contributed by atoms with van der Waals surface area (Å²) in [7, 11) is 0. The van der Waals surface area contributed by atoms with E-state index < -0.39 is 51.8 Å². The lowest BCUT2D eigenvalue weighted by Gasteiger charge is -2.15. The summed E-state index contributed by atoms with van der Waals surface area (Å²) in [5.74, 6) is -4.35. The van der Waals surface area contributed by atoms with Gasteiger partial charge in [0.2, 0.25) is 0 Å². The summed E-state index contributed by atoms with van der Waals surface area (Å²) < 4.78 is 31.1. The highest BCUT2D eigenvalue weighted by Crippen LogP contribution is 2.30. The van der Waals surface area contributed by atoms with Gasteiger partial charge in [-0.2, -0.15) is 0 Å². The molecule has 0 spiro atoms. The van der Waals surface area contributed by atoms with Crippen LogP contribution in [0.25, 0.3) is 0 Å². The van der Waals surface area contributed by atoms with Crippen LogP contribution in [0, 0.1) is 0 Å². The molecule has 3 heterocycles. The number of carbonyl (C=O) groups is 4. The van der Waals surface area contributed by atoms with Gasteiger partial charge in [0.15, 0.2) is 0 Å². The van der Waals surface area contributed by atoms with Crippen LogP contribution in [0.2, 0.25) is 0 Å². The third-order valence-electron chi connectivity index (χ3n) is 5.49. The molecule has 0 radical (unpaired) electrons. The van der Waals surface area contributed by atoms with Crippen molar-refractivity contribution in [2.75, 3.05) is 39.6 Å². The molecule has 178 valence electrons. The number of hydrogen-bond acceptors (Lipinski definition) is 10. The average Bonchev–Trinajstić information content (AvgIpc) is 3.71. The molecule has 0 aromatic heterocycles. The van der Waals surface area contributed by atoms with Crippen molar-refractivity contribution >= 4 is 23.9 Å². The fourth-order valence-corrected chi connectivity index (χ4v) is 2.79. The largest absolute Gasteiger partial charge is 0.478 e. The number of esters is 3. The molecule has 3 aliphatic heterocycles. The highest BCUT2D eigenvalue weighted by atomic mass is 16.6. The fourth-order valence-electron chi connectivity index (χ4n) is 2.79. The van der Waals surface area contributed by atoms with E-state index in [4.69, 9.17) is 28.4 Å². The van der Waals surface area contributed by atoms with Gasteiger partial charge in [-0.15, -0.1) is 0 Å². The minimum atomic E-state index is -1.49. The Morgan fingerprint density at radius 1 is 0.697 bits per heavy atom. The molecule has 3 atom stereocenters. The molecule has 1 aromatic rings. The van der Waals surface area contributed by atoms with Crippen LogP contribution in [-0.2, 0) is 28.4 Å². The molecule has 1 N–H and O–H groups in total. The summed E-state index contributed by atoms with van der Waals surface area (Å²) in [4.78, 5) is 50.1. The zero-order valence-corrected chi connectivity index (χ0v) is 18.4. The number of carboxylic acids is 1. The van der Waals surface area contributed by atoms with E-state index in [0.29, 0.717) is 19.8 Å². The van der Waals surface area contributed by atoms with Gasteiger partial charge in [0.1, 0.15) is 36.6 Å². The lowest BCUT2D eigenvalue weighted by molar-refractivity contribution is 0.0362. The van der Waals surface area contributed by atoms with Crippen LogP contribution in [0.3, 0.4) is 0 Å². The number of aromatic carboxylic acids is 1. The summed E-state index contributed by atoms with van der Waals surface area (Å²) in [6.07, 6.45) is 0. The molecule has 11 nitrogen and oxygen atoms in total. The predicted octanol–water partition coefficient (Wildman–Crippen LogP) is 1.22. The van der Waals surface area contributed by atoms with E-state index in [0.717, 1.165) is 12.1 Å². The number of carbonyl (C=O) groups excluding carboxylic acids is 3. The second kappa shape index (κ2) is 8.08. The zero-order valence-electron chi connectivity index (χ0n) is 18.4. The van der Waals surface area contributed by atoms with E-state index in [1.807, 2.05) is 0 Å². The maximum Gasteiger partial charge on any atom is 0.339 e. The van der Waals surface area contributed by atoms with Crippen LogP contribution in [-0.4, -0.2) is 85.4 Å². The molecule has 3 fully saturated rings. The van der Waals surface area contributed by atoms with Crippen molar-refractivity contribution in [1.29, 1.82) is 0 Å². The molecule has 3 unspecified atom stereocenters. The lowest BCUT2D eigenvalue weighted by atomic mass is 9.97. The second-order valence-corrected chi connectivity index (χ2v) is 9.19. The van der Waals surface area contributed by atoms with Gasteiger partial charge >= 0.3 is 23.9 Å². The summed E-state index contributed by atoms with van der Waals surface area (Å²) in [5.41, 5.74) is -3.44. The number of ether oxygens (including phenoxy) is 6. The monoisotopic (exact) mass is 464 g/mol. The van der Waals surface area contributed by atoms with Crippen LogP contribution in [0.15, 0.2) is 12.1 Å². The van der Waals surface area contributed by atoms with Crippen molar-refractivity contribution < 1.29 is 52.7 Å². The number of rotatable bonds is 10. The lowest BCUT2D eigenvalue weighted by Crippen LogP contribution is -2.25. The molecule has 11 heteroatoms. The molecular weight excluding hydrogens is 440 g/mol. The van der Waals surface area contributed by atoms with E-state index in [2.05, 4.69) is 0 Å². The smallest absolute Gasteiger partial charge is 0.339 e. The first-order valence-electron chi connectivity index (χ1n) is 10.3. The Bertz CT molecular complexity index is 1020. The summed E-state index contributed by atoms with van der Waals surface area (Å²) in [5, 5.41) is 9.64. The van der Waals surface area contributed by atoms with Crippen LogP contribution in [0.4, 0.5) is 0 Å². The van der Waals surface area contributed by atoms with Gasteiger partial charge in [0, 0.05) is 0 Å². The van der Waals surface area contributed by atoms with Crippen molar-refractivity contribution in [1.82, 2.24) is 0 Å². The molecule has 33 heavy (non-hydrogen) atoms. The normalized spacial score (nSPS) is 29.1. The Balaban J connectivity index is 1.63. The molecule has 3 saturated heterocycles. The van der Waals surface area contributed by atoms with Crippen molar-refractivity contribution in [2.45, 2.75) is 37.6 Å². The first-order chi connectivity index (χ1) is 15.4. The Morgan fingerprint density at radius 2 is 0.970 bits per heavy atom. The third kappa shape index (κ3) is 5.49. The first kappa shape index (κ1) is 23.1. The van der Waals surface area contributed by atoms with Crippen molar-refractivity contribution in [2.24, 2.45) is 0 Å². The van der Waals surface area contributed by atoms with Crippen LogP contribution in [0.5, 0.6) is 0 Å². The Kier molecular flexibility index (Phi) is 5.67. The van der Waals surface area contributed by atoms with Gasteiger partial charge in [-0.3, -0.25) is 0 Å². The summed E-state index contributed by atoms with van der Waals surface area (Å²) in [6, 6.07) is 1.89. The van der Waals surface area contributed by atoms with Crippen molar-refractivity contribution in [3.63, 3.8) is 0 Å². The highest BCUT2D eigenvalue weighted by molar-refractivity contribution is 6.10. The molecular formula is C22H24O11. The number of hydrogen-bond donors (Lipinski definition) is 1. The van der Waals surface area contributed by atoms with Crippen LogP contribution >= 0.6 is 0 Å². The third-order valence-corrected chi connectivity index (χ3v) is 5.49. The average molecular weight is 464 g/mol. The van der Waals surface area contributed by atoms with Crippen LogP contribution < -0.4 is 0 Å². The quantitative estimate of drug-likeness (QED) is 0.302. The van der Waals surface area contributed by atoms with E-state index in [1.54, 1.807) is 20.8 Å². The van der Waals surface area contributed by atoms with Gasteiger partial charge in [0.05, 0.1) is 42.1 Å². The summed E-state index contributed by atoms with van der Waals surface area (Å²) in [6.45, 7) is 6.15. The molecule has 0 amide bonds. The zero-order chi connectivity index (χ0) is 24.0. The Morgan fingerprint density at radius 3 is 1.24 bits per heavy atom. The second-order valence-electron chi connectivity index (χ2n) is 9.19. The fraction of sp³-hybridized carbons (Fsp3) is 0.545. The van der Waals surface area contributed by atoms with Gasteiger partial charge in [0.25, 0.3) is 0 Å². The van der Waals surface area contributed by atoms with Gasteiger partial charge in [-0.05, 0) is 32.9 Å². The molecule has 0 saturated carbocycles. The standard InChI is InChI=1S/C22H24O11/c1-20(9-31-20)6-28-17(25)13-5-15(19(27)30-8-22(3)11-33-22)14(4-12(13)16(23)24)18(26)29-7-21(2)10-32-21/h4-5H,6-11H2,1-3H3,(H,23,24). The minimum Gasteiger partial charge on any atom is -0.478 e. The highest BCUT2D eigenvalue weighted by Gasteiger charge is 2.43. The van der Waals surface area contributed by atoms with Crippen molar-refractivity contribution in [3.8, 4) is 0 Å². The van der Waals surface area contributed by atoms with E-state index in [9.17, 15) is 24.3 Å². The maximum absolute atomic E-state index is 12.8. The molecule has 0 bridgehead atoms. The number of carboxylic acid groups (broad SMARTS) is 1. The summed E-state index contributed by atoms with van der Waals surface area (Å²) >= 11 is 0. The van der Waals surface area contributed by atoms with Gasteiger partial charge in [-0.1, -0.05) is 0 Å². The molecule has 0 aliphatic carbocycles. The van der Waals surface area contributed by atoms with Gasteiger partial charge < -0.3 is 33.5 Å². The SMILES string of the molecule is CC1(COC(=O)c2cc(C(=O)OCC3(C)CO3)c(C(=O)OCC3(C)CO3)cc2C(=O)O)CO1. The topological polar surface area (TPSA) is 154 Å². The Labute approximate surface area is 188 Å². The molecule has 4 rings (SSSR count). The number of benzene rings is 1. The van der Waals surface area contributed by atoms with E-state index >= 15 is 0 Å². The molecule has 1 aromatic carbocycles. The van der Waals surface area contributed by atoms with Gasteiger partial charge in [-0.25, -0.2) is 19.2 Å². The van der Waals surface area contributed by atoms with Crippen molar-refractivity contribution in [3.05, 3.63) is 34.4 Å². The Hall–Kier alpha value is -3.02.